The molecule has 0 aliphatic heterocycles. The van der Waals surface area contributed by atoms with Crippen molar-refractivity contribution in [3.05, 3.63) is 48.5 Å². The van der Waals surface area contributed by atoms with E-state index in [1.807, 2.05) is 24.3 Å². The molecule has 4 nitrogen and oxygen atoms in total. The van der Waals surface area contributed by atoms with Crippen LogP contribution in [0, 0.1) is 0 Å². The Morgan fingerprint density at radius 2 is 1.00 bits per heavy atom. The Hall–Kier alpha value is -1.72. The number of hydrogen-bond acceptors (Lipinski definition) is 4. The normalized spacial score (nSPS) is 11.2. The van der Waals surface area contributed by atoms with Crippen LogP contribution in [0.1, 0.15) is 0 Å². The summed E-state index contributed by atoms with van der Waals surface area (Å²) in [5, 5.41) is 4.58. The van der Waals surface area contributed by atoms with Gasteiger partial charge < -0.3 is 18.9 Å². The van der Waals surface area contributed by atoms with Crippen molar-refractivity contribution in [3.8, 4) is 11.5 Å². The molecule has 0 aliphatic rings. The summed E-state index contributed by atoms with van der Waals surface area (Å²) >= 11 is 11.2. The van der Waals surface area contributed by atoms with Gasteiger partial charge in [0.25, 0.3) is 0 Å². The summed E-state index contributed by atoms with van der Waals surface area (Å²) < 4.78 is 22.6. The van der Waals surface area contributed by atoms with E-state index in [1.165, 1.54) is 10.8 Å². The fraction of sp³-hybridized carbons (Fsp3) is 0.364. The van der Waals surface area contributed by atoms with E-state index in [0.29, 0.717) is 62.9 Å². The van der Waals surface area contributed by atoms with E-state index in [4.69, 9.17) is 42.1 Å². The highest BCUT2D eigenvalue weighted by Gasteiger charge is 2.09. The Morgan fingerprint density at radius 3 is 1.43 bits per heavy atom. The summed E-state index contributed by atoms with van der Waals surface area (Å²) in [6, 6.07) is 16.6. The van der Waals surface area contributed by atoms with Crippen LogP contribution in [0.4, 0.5) is 0 Å². The molecule has 0 amide bonds. The van der Waals surface area contributed by atoms with Crippen LogP contribution in [0.3, 0.4) is 0 Å². The Labute approximate surface area is 175 Å². The minimum absolute atomic E-state index is 0.426. The first kappa shape index (κ1) is 21.0. The average Bonchev–Trinajstić information content (AvgIpc) is 2.72. The lowest BCUT2D eigenvalue weighted by atomic mass is 10.0. The van der Waals surface area contributed by atoms with E-state index in [9.17, 15) is 0 Å². The van der Waals surface area contributed by atoms with Crippen LogP contribution in [0.25, 0.3) is 21.5 Å². The van der Waals surface area contributed by atoms with Crippen LogP contribution in [-0.2, 0) is 9.47 Å². The van der Waals surface area contributed by atoms with Gasteiger partial charge in [0.05, 0.1) is 26.4 Å². The van der Waals surface area contributed by atoms with Crippen LogP contribution in [-0.4, -0.2) is 51.4 Å². The van der Waals surface area contributed by atoms with E-state index < -0.39 is 0 Å². The first-order valence-electron chi connectivity index (χ1n) is 9.31. The maximum atomic E-state index is 5.93. The van der Waals surface area contributed by atoms with Gasteiger partial charge in [0.2, 0.25) is 0 Å². The van der Waals surface area contributed by atoms with E-state index in [-0.39, 0.29) is 0 Å². The van der Waals surface area contributed by atoms with Gasteiger partial charge in [-0.1, -0.05) is 24.3 Å². The SMILES string of the molecule is ClCCOCCOc1cc2cc3ccccc3cc2cc1OCCOCCCl. The number of rotatable bonds is 12. The lowest BCUT2D eigenvalue weighted by molar-refractivity contribution is 0.101. The quantitative estimate of drug-likeness (QED) is 0.226. The molecule has 0 saturated heterocycles. The van der Waals surface area contributed by atoms with Crippen molar-refractivity contribution in [1.29, 1.82) is 0 Å². The number of fused-ring (bicyclic) bond motifs is 2. The molecule has 150 valence electrons. The predicted octanol–water partition coefficient (Wildman–Crippen LogP) is 5.26. The molecule has 0 fully saturated rings. The highest BCUT2D eigenvalue weighted by molar-refractivity contribution is 6.18. The first-order valence-corrected chi connectivity index (χ1v) is 10.4. The molecule has 0 spiro atoms. The van der Waals surface area contributed by atoms with Crippen LogP contribution in [0.15, 0.2) is 48.5 Å². The Bertz CT molecular complexity index is 813. The minimum atomic E-state index is 0.426. The second kappa shape index (κ2) is 11.3. The molecule has 0 aromatic heterocycles. The maximum absolute atomic E-state index is 5.93. The van der Waals surface area contributed by atoms with Gasteiger partial charge in [0.1, 0.15) is 13.2 Å². The van der Waals surface area contributed by atoms with Crippen molar-refractivity contribution in [2.24, 2.45) is 0 Å². The number of benzene rings is 3. The molecule has 0 aliphatic carbocycles. The van der Waals surface area contributed by atoms with Crippen LogP contribution >= 0.6 is 23.2 Å². The van der Waals surface area contributed by atoms with Crippen molar-refractivity contribution in [1.82, 2.24) is 0 Å². The van der Waals surface area contributed by atoms with Crippen LogP contribution in [0.5, 0.6) is 11.5 Å². The van der Waals surface area contributed by atoms with Crippen LogP contribution < -0.4 is 9.47 Å². The third-order valence-electron chi connectivity index (χ3n) is 4.18. The zero-order chi connectivity index (χ0) is 19.6. The summed E-state index contributed by atoms with van der Waals surface area (Å²) in [4.78, 5) is 0. The zero-order valence-corrected chi connectivity index (χ0v) is 17.2. The van der Waals surface area contributed by atoms with Crippen molar-refractivity contribution < 1.29 is 18.9 Å². The zero-order valence-electron chi connectivity index (χ0n) is 15.7. The summed E-state index contributed by atoms with van der Waals surface area (Å²) in [6.45, 7) is 2.82. The van der Waals surface area contributed by atoms with Gasteiger partial charge in [-0.05, 0) is 45.8 Å². The van der Waals surface area contributed by atoms with E-state index in [2.05, 4.69) is 24.3 Å². The van der Waals surface area contributed by atoms with Crippen molar-refractivity contribution in [3.63, 3.8) is 0 Å². The van der Waals surface area contributed by atoms with Crippen molar-refractivity contribution in [2.75, 3.05) is 51.4 Å². The molecule has 0 heterocycles. The molecular weight excluding hydrogens is 399 g/mol. The van der Waals surface area contributed by atoms with E-state index >= 15 is 0 Å². The van der Waals surface area contributed by atoms with Gasteiger partial charge in [-0.2, -0.15) is 0 Å². The summed E-state index contributed by atoms with van der Waals surface area (Å²) in [5.74, 6) is 2.32. The Kier molecular flexibility index (Phi) is 8.49. The molecule has 0 N–H and O–H groups in total. The molecule has 6 heteroatoms. The topological polar surface area (TPSA) is 36.9 Å². The highest BCUT2D eigenvalue weighted by Crippen LogP contribution is 2.34. The standard InChI is InChI=1S/C22H24Cl2O4/c23-5-7-25-9-11-27-21-15-19-13-17-3-1-2-4-18(17)14-20(19)16-22(21)28-12-10-26-8-6-24/h1-4,13-16H,5-12H2. The molecular formula is C22H24Cl2O4. The minimum Gasteiger partial charge on any atom is -0.487 e. The van der Waals surface area contributed by atoms with Gasteiger partial charge in [-0.25, -0.2) is 0 Å². The summed E-state index contributed by atoms with van der Waals surface area (Å²) in [5.41, 5.74) is 0. The van der Waals surface area contributed by atoms with Gasteiger partial charge >= 0.3 is 0 Å². The number of alkyl halides is 2. The predicted molar refractivity (Wildman–Crippen MR) is 116 cm³/mol. The van der Waals surface area contributed by atoms with Crippen LogP contribution in [0.2, 0.25) is 0 Å². The molecule has 0 radical (unpaired) electrons. The Morgan fingerprint density at radius 1 is 0.536 bits per heavy atom. The number of halogens is 2. The third kappa shape index (κ3) is 5.89. The molecule has 0 bridgehead atoms. The molecule has 3 aromatic rings. The second-order valence-corrected chi connectivity index (χ2v) is 6.90. The molecule has 28 heavy (non-hydrogen) atoms. The first-order chi connectivity index (χ1) is 13.8. The molecule has 3 rings (SSSR count). The lowest BCUT2D eigenvalue weighted by Gasteiger charge is -2.15. The second-order valence-electron chi connectivity index (χ2n) is 6.15. The Balaban J connectivity index is 1.80. The number of hydrogen-bond donors (Lipinski definition) is 0. The summed E-state index contributed by atoms with van der Waals surface area (Å²) in [7, 11) is 0. The van der Waals surface area contributed by atoms with Gasteiger partial charge in [0, 0.05) is 11.8 Å². The van der Waals surface area contributed by atoms with Crippen molar-refractivity contribution >= 4 is 44.7 Å². The van der Waals surface area contributed by atoms with Gasteiger partial charge in [0.15, 0.2) is 11.5 Å². The fourth-order valence-electron chi connectivity index (χ4n) is 2.91. The molecule has 0 saturated carbocycles. The maximum Gasteiger partial charge on any atom is 0.161 e. The molecule has 3 aromatic carbocycles. The van der Waals surface area contributed by atoms with Gasteiger partial charge in [-0.15, -0.1) is 23.2 Å². The average molecular weight is 423 g/mol. The van der Waals surface area contributed by atoms with Gasteiger partial charge in [-0.3, -0.25) is 0 Å². The smallest absolute Gasteiger partial charge is 0.161 e. The lowest BCUT2D eigenvalue weighted by Crippen LogP contribution is -2.11. The largest absolute Gasteiger partial charge is 0.487 e. The monoisotopic (exact) mass is 422 g/mol. The highest BCUT2D eigenvalue weighted by atomic mass is 35.5. The van der Waals surface area contributed by atoms with E-state index in [1.54, 1.807) is 0 Å². The van der Waals surface area contributed by atoms with Crippen molar-refractivity contribution in [2.45, 2.75) is 0 Å². The molecule has 0 unspecified atom stereocenters. The number of ether oxygens (including phenoxy) is 4. The third-order valence-corrected chi connectivity index (χ3v) is 4.49. The fourth-order valence-corrected chi connectivity index (χ4v) is 3.13. The molecule has 0 atom stereocenters. The summed E-state index contributed by atoms with van der Waals surface area (Å²) in [6.07, 6.45) is 0. The van der Waals surface area contributed by atoms with E-state index in [0.717, 1.165) is 10.8 Å².